The van der Waals surface area contributed by atoms with E-state index in [1.807, 2.05) is 12.1 Å². The zero-order chi connectivity index (χ0) is 24.1. The first-order chi connectivity index (χ1) is 16.4. The van der Waals surface area contributed by atoms with Gasteiger partial charge >= 0.3 is 12.6 Å². The van der Waals surface area contributed by atoms with Gasteiger partial charge in [-0.25, -0.2) is 14.2 Å². The van der Waals surface area contributed by atoms with Crippen LogP contribution in [0, 0.1) is 11.7 Å². The molecule has 0 spiro atoms. The minimum atomic E-state index is -3.17. The summed E-state index contributed by atoms with van der Waals surface area (Å²) >= 11 is 0. The highest BCUT2D eigenvalue weighted by Crippen LogP contribution is 2.31. The molecule has 0 radical (unpaired) electrons. The lowest BCUT2D eigenvalue weighted by molar-refractivity contribution is -0.0510. The molecular weight excluding hydrogens is 451 g/mol. The Morgan fingerprint density at radius 3 is 2.59 bits per heavy atom. The molecule has 1 aliphatic rings. The molecule has 9 heteroatoms. The van der Waals surface area contributed by atoms with E-state index in [2.05, 4.69) is 14.5 Å². The molecule has 1 fully saturated rings. The summed E-state index contributed by atoms with van der Waals surface area (Å²) in [5, 5.41) is 0. The van der Waals surface area contributed by atoms with Gasteiger partial charge in [0.05, 0.1) is 19.3 Å². The largest absolute Gasteiger partial charge is 0.489 e. The van der Waals surface area contributed by atoms with Crippen LogP contribution >= 0.6 is 0 Å². The number of esters is 1. The Morgan fingerprint density at radius 2 is 1.91 bits per heavy atom. The van der Waals surface area contributed by atoms with Gasteiger partial charge in [0.1, 0.15) is 23.9 Å². The minimum absolute atomic E-state index is 0.00897. The van der Waals surface area contributed by atoms with Crippen molar-refractivity contribution in [3.8, 4) is 28.5 Å². The molecule has 0 aliphatic heterocycles. The van der Waals surface area contributed by atoms with Crippen molar-refractivity contribution in [1.29, 1.82) is 0 Å². The van der Waals surface area contributed by atoms with Crippen LogP contribution < -0.4 is 14.2 Å². The van der Waals surface area contributed by atoms with Crippen molar-refractivity contribution in [3.05, 3.63) is 71.7 Å². The number of alkyl halides is 2. The van der Waals surface area contributed by atoms with Gasteiger partial charge in [0.2, 0.25) is 5.88 Å². The van der Waals surface area contributed by atoms with E-state index < -0.39 is 24.0 Å². The van der Waals surface area contributed by atoms with Crippen LogP contribution in [-0.4, -0.2) is 31.3 Å². The van der Waals surface area contributed by atoms with Crippen molar-refractivity contribution in [2.75, 3.05) is 13.7 Å². The molecule has 6 nitrogen and oxygen atoms in total. The van der Waals surface area contributed by atoms with Crippen LogP contribution in [0.25, 0.3) is 11.1 Å². The second-order valence-corrected chi connectivity index (χ2v) is 7.77. The van der Waals surface area contributed by atoms with Gasteiger partial charge in [0, 0.05) is 23.4 Å². The van der Waals surface area contributed by atoms with Crippen LogP contribution in [0.5, 0.6) is 17.4 Å². The molecule has 3 aromatic rings. The van der Waals surface area contributed by atoms with Gasteiger partial charge in [-0.15, -0.1) is 0 Å². The minimum Gasteiger partial charge on any atom is -0.489 e. The SMILES string of the molecule is COC(=O)c1cc(OC(F)F)c(COc2cccc(-c3ccc(OCC4CC4)nc3)c2)cc1F. The number of methoxy groups -OCH3 is 1. The lowest BCUT2D eigenvalue weighted by Crippen LogP contribution is -2.11. The fourth-order valence-corrected chi connectivity index (χ4v) is 3.23. The fourth-order valence-electron chi connectivity index (χ4n) is 3.23. The molecule has 1 saturated carbocycles. The van der Waals surface area contributed by atoms with Crippen LogP contribution in [0.4, 0.5) is 13.2 Å². The van der Waals surface area contributed by atoms with E-state index in [1.54, 1.807) is 30.5 Å². The number of benzene rings is 2. The number of hydrogen-bond donors (Lipinski definition) is 0. The van der Waals surface area contributed by atoms with E-state index in [0.29, 0.717) is 24.2 Å². The topological polar surface area (TPSA) is 66.9 Å². The second kappa shape index (κ2) is 10.5. The number of rotatable bonds is 10. The van der Waals surface area contributed by atoms with Gasteiger partial charge in [0.25, 0.3) is 0 Å². The number of carbonyl (C=O) groups is 1. The van der Waals surface area contributed by atoms with E-state index in [-0.39, 0.29) is 17.9 Å². The van der Waals surface area contributed by atoms with Crippen molar-refractivity contribution in [1.82, 2.24) is 4.98 Å². The smallest absolute Gasteiger partial charge is 0.387 e. The van der Waals surface area contributed by atoms with Crippen LogP contribution in [0.2, 0.25) is 0 Å². The summed E-state index contributed by atoms with van der Waals surface area (Å²) in [6.07, 6.45) is 4.09. The van der Waals surface area contributed by atoms with Crippen LogP contribution in [-0.2, 0) is 11.3 Å². The third-order valence-electron chi connectivity index (χ3n) is 5.23. The number of carbonyl (C=O) groups excluding carboxylic acids is 1. The number of aromatic nitrogens is 1. The van der Waals surface area contributed by atoms with E-state index in [4.69, 9.17) is 9.47 Å². The Morgan fingerprint density at radius 1 is 1.09 bits per heavy atom. The van der Waals surface area contributed by atoms with Gasteiger partial charge < -0.3 is 18.9 Å². The van der Waals surface area contributed by atoms with E-state index >= 15 is 0 Å². The molecule has 0 bridgehead atoms. The number of ether oxygens (including phenoxy) is 4. The van der Waals surface area contributed by atoms with Gasteiger partial charge in [-0.05, 0) is 54.7 Å². The van der Waals surface area contributed by atoms with Crippen molar-refractivity contribution < 1.29 is 36.9 Å². The zero-order valence-electron chi connectivity index (χ0n) is 18.3. The molecule has 4 rings (SSSR count). The average molecular weight is 473 g/mol. The first-order valence-corrected chi connectivity index (χ1v) is 10.6. The molecule has 0 unspecified atom stereocenters. The third-order valence-corrected chi connectivity index (χ3v) is 5.23. The molecule has 0 atom stereocenters. The quantitative estimate of drug-likeness (QED) is 0.355. The third kappa shape index (κ3) is 5.98. The molecular formula is C25H22F3NO5. The Hall–Kier alpha value is -3.75. The maximum atomic E-state index is 14.3. The van der Waals surface area contributed by atoms with Gasteiger partial charge in [0.15, 0.2) is 0 Å². The van der Waals surface area contributed by atoms with Crippen molar-refractivity contribution in [2.45, 2.75) is 26.1 Å². The highest BCUT2D eigenvalue weighted by Gasteiger charge is 2.22. The number of hydrogen-bond acceptors (Lipinski definition) is 6. The molecule has 1 aliphatic carbocycles. The molecule has 0 N–H and O–H groups in total. The molecule has 0 amide bonds. The maximum absolute atomic E-state index is 14.3. The zero-order valence-corrected chi connectivity index (χ0v) is 18.3. The normalized spacial score (nSPS) is 13.0. The van der Waals surface area contributed by atoms with Gasteiger partial charge in [-0.3, -0.25) is 0 Å². The lowest BCUT2D eigenvalue weighted by Gasteiger charge is -2.14. The summed E-state index contributed by atoms with van der Waals surface area (Å²) in [6, 6.07) is 12.5. The Labute approximate surface area is 194 Å². The van der Waals surface area contributed by atoms with Crippen molar-refractivity contribution in [2.24, 2.45) is 5.92 Å². The van der Waals surface area contributed by atoms with E-state index in [9.17, 15) is 18.0 Å². The van der Waals surface area contributed by atoms with Crippen LogP contribution in [0.3, 0.4) is 0 Å². The highest BCUT2D eigenvalue weighted by atomic mass is 19.3. The summed E-state index contributed by atoms with van der Waals surface area (Å²) < 4.78 is 60.3. The fraction of sp³-hybridized carbons (Fsp3) is 0.280. The summed E-state index contributed by atoms with van der Waals surface area (Å²) in [4.78, 5) is 16.0. The van der Waals surface area contributed by atoms with E-state index in [1.165, 1.54) is 12.8 Å². The highest BCUT2D eigenvalue weighted by molar-refractivity contribution is 5.90. The summed E-state index contributed by atoms with van der Waals surface area (Å²) in [5.74, 6) is -0.699. The van der Waals surface area contributed by atoms with Gasteiger partial charge in [-0.1, -0.05) is 12.1 Å². The Bertz CT molecular complexity index is 1150. The average Bonchev–Trinajstić information content (AvgIpc) is 3.67. The standard InChI is InChI=1S/C25H22F3NO5/c1-31-24(30)20-11-22(34-25(27)28)18(10-21(20)26)14-32-19-4-2-3-16(9-19)17-7-8-23(29-12-17)33-13-15-5-6-15/h2-4,7-12,15,25H,5-6,13-14H2,1H3. The Kier molecular flexibility index (Phi) is 7.20. The molecule has 1 aromatic heterocycles. The van der Waals surface area contributed by atoms with Crippen molar-refractivity contribution >= 4 is 5.97 Å². The van der Waals surface area contributed by atoms with Crippen molar-refractivity contribution in [3.63, 3.8) is 0 Å². The van der Waals surface area contributed by atoms with Gasteiger partial charge in [-0.2, -0.15) is 8.78 Å². The van der Waals surface area contributed by atoms with E-state index in [0.717, 1.165) is 30.4 Å². The summed E-state index contributed by atoms with van der Waals surface area (Å²) in [7, 11) is 1.06. The number of halogens is 3. The first kappa shape index (κ1) is 23.4. The molecule has 178 valence electrons. The summed E-state index contributed by atoms with van der Waals surface area (Å²) in [6.45, 7) is -2.76. The molecule has 0 saturated heterocycles. The second-order valence-electron chi connectivity index (χ2n) is 7.77. The molecule has 2 aromatic carbocycles. The number of nitrogens with zero attached hydrogens (tertiary/aromatic N) is 1. The summed E-state index contributed by atoms with van der Waals surface area (Å²) in [5.41, 5.74) is 1.14. The molecule has 34 heavy (non-hydrogen) atoms. The monoisotopic (exact) mass is 473 g/mol. The predicted molar refractivity (Wildman–Crippen MR) is 117 cm³/mol. The Balaban J connectivity index is 1.47. The predicted octanol–water partition coefficient (Wildman–Crippen LogP) is 5.64. The molecule has 1 heterocycles. The lowest BCUT2D eigenvalue weighted by atomic mass is 10.1. The van der Waals surface area contributed by atoms with Crippen LogP contribution in [0.1, 0.15) is 28.8 Å². The number of pyridine rings is 1. The van der Waals surface area contributed by atoms with Crippen LogP contribution in [0.15, 0.2) is 54.7 Å². The maximum Gasteiger partial charge on any atom is 0.387 e. The first-order valence-electron chi connectivity index (χ1n) is 10.6.